The number of halogens is 1. The molecule has 1 N–H and O–H groups in total. The number of nitrogens with zero attached hydrogens (tertiary/aromatic N) is 1. The summed E-state index contributed by atoms with van der Waals surface area (Å²) in [5.41, 5.74) is 0.538. The number of rotatable bonds is 4. The molecule has 1 amide bonds. The Labute approximate surface area is 103 Å². The van der Waals surface area contributed by atoms with Crippen molar-refractivity contribution < 1.29 is 14.6 Å². The predicted molar refractivity (Wildman–Crippen MR) is 64.7 cm³/mol. The van der Waals surface area contributed by atoms with Crippen LogP contribution >= 0.6 is 15.9 Å². The van der Waals surface area contributed by atoms with E-state index in [0.29, 0.717) is 17.9 Å². The molecule has 0 aromatic heterocycles. The average molecular weight is 288 g/mol. The quantitative estimate of drug-likeness (QED) is 0.914. The summed E-state index contributed by atoms with van der Waals surface area (Å²) in [6, 6.07) is 5.14. The van der Waals surface area contributed by atoms with Crippen LogP contribution in [0.15, 0.2) is 22.7 Å². The third-order valence-electron chi connectivity index (χ3n) is 2.18. The number of benzene rings is 1. The van der Waals surface area contributed by atoms with E-state index in [1.165, 1.54) is 4.90 Å². The van der Waals surface area contributed by atoms with E-state index < -0.39 is 0 Å². The number of aliphatic hydroxyl groups is 1. The highest BCUT2D eigenvalue weighted by molar-refractivity contribution is 9.10. The van der Waals surface area contributed by atoms with Gasteiger partial charge in [-0.25, -0.2) is 0 Å². The number of carbonyl (C=O) groups excluding carboxylic acids is 1. The first-order valence-electron chi connectivity index (χ1n) is 4.80. The van der Waals surface area contributed by atoms with Crippen LogP contribution in [0, 0.1) is 0 Å². The van der Waals surface area contributed by atoms with Crippen LogP contribution in [0.1, 0.15) is 10.4 Å². The van der Waals surface area contributed by atoms with Crippen molar-refractivity contribution >= 4 is 21.8 Å². The molecule has 0 radical (unpaired) electrons. The largest absolute Gasteiger partial charge is 0.496 e. The van der Waals surface area contributed by atoms with Gasteiger partial charge in [-0.3, -0.25) is 4.79 Å². The molecule has 1 aromatic rings. The smallest absolute Gasteiger partial charge is 0.253 e. The number of amides is 1. The minimum absolute atomic E-state index is 0.0457. The van der Waals surface area contributed by atoms with Gasteiger partial charge in [0.2, 0.25) is 0 Å². The molecule has 1 aromatic carbocycles. The molecule has 1 rings (SSSR count). The zero-order chi connectivity index (χ0) is 12.1. The molecule has 5 heteroatoms. The maximum atomic E-state index is 11.9. The number of aliphatic hydroxyl groups excluding tert-OH is 1. The van der Waals surface area contributed by atoms with Crippen LogP contribution in [0.25, 0.3) is 0 Å². The summed E-state index contributed by atoms with van der Waals surface area (Å²) >= 11 is 3.32. The molecule has 88 valence electrons. The fourth-order valence-electron chi connectivity index (χ4n) is 1.26. The van der Waals surface area contributed by atoms with Gasteiger partial charge in [-0.2, -0.15) is 0 Å². The maximum Gasteiger partial charge on any atom is 0.253 e. The lowest BCUT2D eigenvalue weighted by Gasteiger charge is -2.16. The molecule has 0 atom stereocenters. The molecule has 0 aliphatic heterocycles. The van der Waals surface area contributed by atoms with Gasteiger partial charge >= 0.3 is 0 Å². The SMILES string of the molecule is COc1cc(C(=O)N(C)CCO)ccc1Br. The predicted octanol–water partition coefficient (Wildman–Crippen LogP) is 1.52. The van der Waals surface area contributed by atoms with Crippen LogP contribution < -0.4 is 4.74 Å². The van der Waals surface area contributed by atoms with Gasteiger partial charge in [-0.1, -0.05) is 0 Å². The van der Waals surface area contributed by atoms with E-state index in [4.69, 9.17) is 9.84 Å². The van der Waals surface area contributed by atoms with Gasteiger partial charge in [-0.05, 0) is 34.1 Å². The van der Waals surface area contributed by atoms with Crippen molar-refractivity contribution in [2.75, 3.05) is 27.3 Å². The fourth-order valence-corrected chi connectivity index (χ4v) is 1.67. The van der Waals surface area contributed by atoms with Crippen molar-refractivity contribution in [3.05, 3.63) is 28.2 Å². The number of hydrogen-bond donors (Lipinski definition) is 1. The van der Waals surface area contributed by atoms with Crippen LogP contribution in [-0.2, 0) is 0 Å². The number of likely N-dealkylation sites (N-methyl/N-ethyl adjacent to an activating group) is 1. The molecule has 0 aliphatic rings. The maximum absolute atomic E-state index is 11.9. The molecule has 0 spiro atoms. The van der Waals surface area contributed by atoms with Crippen LogP contribution in [0.2, 0.25) is 0 Å². The lowest BCUT2D eigenvalue weighted by atomic mass is 10.2. The second-order valence-electron chi connectivity index (χ2n) is 3.30. The van der Waals surface area contributed by atoms with Crippen molar-refractivity contribution in [3.8, 4) is 5.75 Å². The zero-order valence-corrected chi connectivity index (χ0v) is 10.8. The Morgan fingerprint density at radius 2 is 2.25 bits per heavy atom. The molecular weight excluding hydrogens is 274 g/mol. The van der Waals surface area contributed by atoms with Gasteiger partial charge in [0.05, 0.1) is 18.2 Å². The van der Waals surface area contributed by atoms with Crippen LogP contribution in [0.5, 0.6) is 5.75 Å². The van der Waals surface area contributed by atoms with Crippen molar-refractivity contribution in [1.82, 2.24) is 4.90 Å². The van der Waals surface area contributed by atoms with Gasteiger partial charge in [0.1, 0.15) is 5.75 Å². The monoisotopic (exact) mass is 287 g/mol. The minimum atomic E-state index is -0.139. The van der Waals surface area contributed by atoms with E-state index in [1.54, 1.807) is 32.4 Å². The summed E-state index contributed by atoms with van der Waals surface area (Å²) in [5, 5.41) is 8.75. The Kier molecular flexibility index (Phi) is 4.76. The summed E-state index contributed by atoms with van der Waals surface area (Å²) in [6.07, 6.45) is 0. The molecule has 0 saturated heterocycles. The van der Waals surface area contributed by atoms with Gasteiger partial charge in [0, 0.05) is 19.2 Å². The molecule has 0 heterocycles. The van der Waals surface area contributed by atoms with E-state index >= 15 is 0 Å². The van der Waals surface area contributed by atoms with Gasteiger partial charge in [0.15, 0.2) is 0 Å². The molecule has 0 aliphatic carbocycles. The fraction of sp³-hybridized carbons (Fsp3) is 0.364. The summed E-state index contributed by atoms with van der Waals surface area (Å²) in [4.78, 5) is 13.3. The van der Waals surface area contributed by atoms with Crippen molar-refractivity contribution in [1.29, 1.82) is 0 Å². The first-order valence-corrected chi connectivity index (χ1v) is 5.59. The summed E-state index contributed by atoms with van der Waals surface area (Å²) < 4.78 is 5.91. The summed E-state index contributed by atoms with van der Waals surface area (Å²) in [7, 11) is 3.19. The molecule has 0 unspecified atom stereocenters. The van der Waals surface area contributed by atoms with E-state index in [-0.39, 0.29) is 12.5 Å². The van der Waals surface area contributed by atoms with E-state index in [0.717, 1.165) is 4.47 Å². The molecule has 0 saturated carbocycles. The lowest BCUT2D eigenvalue weighted by Crippen LogP contribution is -2.29. The minimum Gasteiger partial charge on any atom is -0.496 e. The first kappa shape index (κ1) is 13.0. The summed E-state index contributed by atoms with van der Waals surface area (Å²) in [6.45, 7) is 0.271. The molecule has 16 heavy (non-hydrogen) atoms. The van der Waals surface area contributed by atoms with Crippen molar-refractivity contribution in [2.24, 2.45) is 0 Å². The highest BCUT2D eigenvalue weighted by Crippen LogP contribution is 2.25. The number of ether oxygens (including phenoxy) is 1. The van der Waals surface area contributed by atoms with Crippen LogP contribution in [0.3, 0.4) is 0 Å². The normalized spacial score (nSPS) is 10.0. The highest BCUT2D eigenvalue weighted by atomic mass is 79.9. The Morgan fingerprint density at radius 1 is 1.56 bits per heavy atom. The molecule has 0 bridgehead atoms. The van der Waals surface area contributed by atoms with Gasteiger partial charge < -0.3 is 14.7 Å². The first-order chi connectivity index (χ1) is 7.60. The third kappa shape index (κ3) is 2.96. The van der Waals surface area contributed by atoms with Crippen molar-refractivity contribution in [2.45, 2.75) is 0 Å². The Balaban J connectivity index is 2.92. The zero-order valence-electron chi connectivity index (χ0n) is 9.24. The topological polar surface area (TPSA) is 49.8 Å². The van der Waals surface area contributed by atoms with Crippen LogP contribution in [-0.4, -0.2) is 43.2 Å². The van der Waals surface area contributed by atoms with E-state index in [2.05, 4.69) is 15.9 Å². The Morgan fingerprint density at radius 3 is 2.81 bits per heavy atom. The van der Waals surface area contributed by atoms with Gasteiger partial charge in [0.25, 0.3) is 5.91 Å². The second kappa shape index (κ2) is 5.86. The lowest BCUT2D eigenvalue weighted by molar-refractivity contribution is 0.0766. The van der Waals surface area contributed by atoms with Crippen LogP contribution in [0.4, 0.5) is 0 Å². The third-order valence-corrected chi connectivity index (χ3v) is 2.84. The Bertz CT molecular complexity index is 381. The van der Waals surface area contributed by atoms with E-state index in [9.17, 15) is 4.79 Å². The van der Waals surface area contributed by atoms with E-state index in [1.807, 2.05) is 0 Å². The number of carbonyl (C=O) groups is 1. The molecular formula is C11H14BrNO3. The van der Waals surface area contributed by atoms with Gasteiger partial charge in [-0.15, -0.1) is 0 Å². The number of methoxy groups -OCH3 is 1. The standard InChI is InChI=1S/C11H14BrNO3/c1-13(5-6-14)11(15)8-3-4-9(12)10(7-8)16-2/h3-4,7,14H,5-6H2,1-2H3. The average Bonchev–Trinajstić information content (AvgIpc) is 2.29. The molecule has 4 nitrogen and oxygen atoms in total. The number of hydrogen-bond acceptors (Lipinski definition) is 3. The highest BCUT2D eigenvalue weighted by Gasteiger charge is 2.12. The summed E-state index contributed by atoms with van der Waals surface area (Å²) in [5.74, 6) is 0.475. The van der Waals surface area contributed by atoms with Crippen molar-refractivity contribution in [3.63, 3.8) is 0 Å². The molecule has 0 fully saturated rings. The Hall–Kier alpha value is -1.07. The second-order valence-corrected chi connectivity index (χ2v) is 4.15.